The Hall–Kier alpha value is -1.42. The van der Waals surface area contributed by atoms with Crippen LogP contribution in [0.5, 0.6) is 0 Å². The number of benzene rings is 1. The molecule has 2 N–H and O–H groups in total. The molecule has 1 amide bonds. The quantitative estimate of drug-likeness (QED) is 0.845. The van der Waals surface area contributed by atoms with Crippen LogP contribution in [-0.4, -0.2) is 11.9 Å². The zero-order chi connectivity index (χ0) is 13.7. The number of carbonyl (C=O) groups is 1. The fourth-order valence-electron chi connectivity index (χ4n) is 3.36. The first-order valence-electron chi connectivity index (χ1n) is 6.85. The minimum atomic E-state index is -0.297. The number of hydrogen-bond donors (Lipinski definition) is 1. The predicted molar refractivity (Wildman–Crippen MR) is 72.2 cm³/mol. The lowest BCUT2D eigenvalue weighted by Gasteiger charge is -2.44. The van der Waals surface area contributed by atoms with E-state index >= 15 is 0 Å². The van der Waals surface area contributed by atoms with Gasteiger partial charge < -0.3 is 10.6 Å². The Morgan fingerprint density at radius 1 is 1.42 bits per heavy atom. The van der Waals surface area contributed by atoms with Gasteiger partial charge in [0, 0.05) is 24.7 Å². The third kappa shape index (κ3) is 1.94. The Balaban J connectivity index is 2.13. The van der Waals surface area contributed by atoms with Crippen LogP contribution in [0.3, 0.4) is 0 Å². The van der Waals surface area contributed by atoms with Crippen LogP contribution in [0.4, 0.5) is 10.1 Å². The highest BCUT2D eigenvalue weighted by Crippen LogP contribution is 2.48. The van der Waals surface area contributed by atoms with Gasteiger partial charge in [-0.3, -0.25) is 4.79 Å². The monoisotopic (exact) mass is 262 g/mol. The Morgan fingerprint density at radius 2 is 2.11 bits per heavy atom. The van der Waals surface area contributed by atoms with Gasteiger partial charge in [0.15, 0.2) is 0 Å². The SMILES string of the molecule is CC(=O)N1c2ccc(F)cc2[C@H](N)[C@@H](C)C1C1CC1. The molecular weight excluding hydrogens is 243 g/mol. The molecule has 0 radical (unpaired) electrons. The molecule has 1 aliphatic heterocycles. The van der Waals surface area contributed by atoms with Crippen molar-refractivity contribution in [2.75, 3.05) is 4.90 Å². The van der Waals surface area contributed by atoms with Crippen LogP contribution in [0.25, 0.3) is 0 Å². The van der Waals surface area contributed by atoms with E-state index in [2.05, 4.69) is 6.92 Å². The van der Waals surface area contributed by atoms with Crippen LogP contribution in [0, 0.1) is 17.7 Å². The molecule has 3 atom stereocenters. The van der Waals surface area contributed by atoms with Gasteiger partial charge in [-0.1, -0.05) is 6.92 Å². The molecule has 1 heterocycles. The maximum atomic E-state index is 13.4. The van der Waals surface area contributed by atoms with E-state index in [1.54, 1.807) is 13.0 Å². The van der Waals surface area contributed by atoms with Gasteiger partial charge in [0.05, 0.1) is 0 Å². The lowest BCUT2D eigenvalue weighted by atomic mass is 9.80. The van der Waals surface area contributed by atoms with Crippen molar-refractivity contribution < 1.29 is 9.18 Å². The van der Waals surface area contributed by atoms with E-state index in [4.69, 9.17) is 5.73 Å². The van der Waals surface area contributed by atoms with Gasteiger partial charge in [0.25, 0.3) is 0 Å². The summed E-state index contributed by atoms with van der Waals surface area (Å²) in [4.78, 5) is 13.9. The smallest absolute Gasteiger partial charge is 0.224 e. The predicted octanol–water partition coefficient (Wildman–Crippen LogP) is 2.61. The fourth-order valence-corrected chi connectivity index (χ4v) is 3.36. The molecule has 4 heteroatoms. The molecule has 1 aliphatic carbocycles. The van der Waals surface area contributed by atoms with E-state index in [1.807, 2.05) is 4.90 Å². The van der Waals surface area contributed by atoms with Crippen molar-refractivity contribution in [1.29, 1.82) is 0 Å². The average Bonchev–Trinajstić information content (AvgIpc) is 3.17. The number of nitrogens with two attached hydrogens (primary N) is 1. The average molecular weight is 262 g/mol. The van der Waals surface area contributed by atoms with E-state index in [1.165, 1.54) is 12.1 Å². The molecular formula is C15H19FN2O. The number of carbonyl (C=O) groups excluding carboxylic acids is 1. The van der Waals surface area contributed by atoms with E-state index in [-0.39, 0.29) is 29.7 Å². The second kappa shape index (κ2) is 4.30. The van der Waals surface area contributed by atoms with Crippen molar-refractivity contribution in [3.63, 3.8) is 0 Å². The summed E-state index contributed by atoms with van der Waals surface area (Å²) >= 11 is 0. The van der Waals surface area contributed by atoms with E-state index in [9.17, 15) is 9.18 Å². The fraction of sp³-hybridized carbons (Fsp3) is 0.533. The molecule has 3 nitrogen and oxygen atoms in total. The Kier molecular flexibility index (Phi) is 2.86. The van der Waals surface area contributed by atoms with Crippen molar-refractivity contribution >= 4 is 11.6 Å². The van der Waals surface area contributed by atoms with Crippen LogP contribution < -0.4 is 10.6 Å². The Morgan fingerprint density at radius 3 is 2.68 bits per heavy atom. The molecule has 2 aliphatic rings. The van der Waals surface area contributed by atoms with Crippen molar-refractivity contribution in [3.05, 3.63) is 29.6 Å². The number of amides is 1. The maximum Gasteiger partial charge on any atom is 0.224 e. The first-order valence-corrected chi connectivity index (χ1v) is 6.85. The first kappa shape index (κ1) is 12.6. The molecule has 1 aromatic rings. The maximum absolute atomic E-state index is 13.4. The number of anilines is 1. The van der Waals surface area contributed by atoms with Crippen molar-refractivity contribution in [2.24, 2.45) is 17.6 Å². The van der Waals surface area contributed by atoms with Crippen molar-refractivity contribution in [1.82, 2.24) is 0 Å². The number of fused-ring (bicyclic) bond motifs is 1. The minimum absolute atomic E-state index is 0.0171. The van der Waals surface area contributed by atoms with E-state index in [0.29, 0.717) is 5.92 Å². The summed E-state index contributed by atoms with van der Waals surface area (Å²) < 4.78 is 13.4. The summed E-state index contributed by atoms with van der Waals surface area (Å²) in [6.07, 6.45) is 2.31. The highest BCUT2D eigenvalue weighted by Gasteiger charge is 2.46. The van der Waals surface area contributed by atoms with Crippen LogP contribution in [-0.2, 0) is 4.79 Å². The van der Waals surface area contributed by atoms with Gasteiger partial charge in [0.2, 0.25) is 5.91 Å². The number of rotatable bonds is 1. The summed E-state index contributed by atoms with van der Waals surface area (Å²) in [5, 5.41) is 0. The lowest BCUT2D eigenvalue weighted by Crippen LogP contribution is -2.51. The third-order valence-corrected chi connectivity index (χ3v) is 4.46. The largest absolute Gasteiger partial charge is 0.324 e. The molecule has 19 heavy (non-hydrogen) atoms. The summed E-state index contributed by atoms with van der Waals surface area (Å²) in [5.74, 6) is 0.423. The number of nitrogens with zero attached hydrogens (tertiary/aromatic N) is 1. The highest BCUT2D eigenvalue weighted by atomic mass is 19.1. The summed E-state index contributed by atoms with van der Waals surface area (Å²) in [6.45, 7) is 3.64. The number of hydrogen-bond acceptors (Lipinski definition) is 2. The Labute approximate surface area is 112 Å². The second-order valence-corrected chi connectivity index (χ2v) is 5.81. The second-order valence-electron chi connectivity index (χ2n) is 5.81. The molecule has 102 valence electrons. The molecule has 1 aromatic carbocycles. The summed E-state index contributed by atoms with van der Waals surface area (Å²) in [5.41, 5.74) is 7.81. The van der Waals surface area contributed by atoms with Gasteiger partial charge in [-0.15, -0.1) is 0 Å². The lowest BCUT2D eigenvalue weighted by molar-refractivity contribution is -0.117. The third-order valence-electron chi connectivity index (χ3n) is 4.46. The van der Waals surface area contributed by atoms with Gasteiger partial charge in [-0.05, 0) is 48.4 Å². The van der Waals surface area contributed by atoms with Gasteiger partial charge >= 0.3 is 0 Å². The topological polar surface area (TPSA) is 46.3 Å². The van der Waals surface area contributed by atoms with Gasteiger partial charge in [-0.2, -0.15) is 0 Å². The van der Waals surface area contributed by atoms with Crippen molar-refractivity contribution in [3.8, 4) is 0 Å². The molecule has 1 unspecified atom stereocenters. The zero-order valence-electron chi connectivity index (χ0n) is 11.3. The molecule has 0 saturated heterocycles. The normalized spacial score (nSPS) is 30.1. The van der Waals surface area contributed by atoms with Crippen LogP contribution in [0.15, 0.2) is 18.2 Å². The molecule has 3 rings (SSSR count). The van der Waals surface area contributed by atoms with Crippen molar-refractivity contribution in [2.45, 2.75) is 38.8 Å². The highest BCUT2D eigenvalue weighted by molar-refractivity contribution is 5.94. The standard InChI is InChI=1S/C15H19FN2O/c1-8-14(17)12-7-11(16)5-6-13(12)18(9(2)19)15(8)10-3-4-10/h5-8,10,14-15H,3-4,17H2,1-2H3/t8-,14-,15?/m1/s1. The van der Waals surface area contributed by atoms with Crippen LogP contribution in [0.1, 0.15) is 38.3 Å². The van der Waals surface area contributed by atoms with E-state index in [0.717, 1.165) is 24.1 Å². The number of halogens is 1. The van der Waals surface area contributed by atoms with Crippen LogP contribution in [0.2, 0.25) is 0 Å². The van der Waals surface area contributed by atoms with Gasteiger partial charge in [-0.25, -0.2) is 4.39 Å². The Bertz CT molecular complexity index is 527. The molecule has 0 spiro atoms. The zero-order valence-corrected chi connectivity index (χ0v) is 11.3. The molecule has 1 fully saturated rings. The molecule has 1 saturated carbocycles. The van der Waals surface area contributed by atoms with Crippen LogP contribution >= 0.6 is 0 Å². The minimum Gasteiger partial charge on any atom is -0.324 e. The first-order chi connectivity index (χ1) is 9.00. The molecule has 0 bridgehead atoms. The van der Waals surface area contributed by atoms with Gasteiger partial charge in [0.1, 0.15) is 5.82 Å². The molecule has 0 aromatic heterocycles. The summed E-state index contributed by atoms with van der Waals surface area (Å²) in [7, 11) is 0. The van der Waals surface area contributed by atoms with E-state index < -0.39 is 0 Å². The summed E-state index contributed by atoms with van der Waals surface area (Å²) in [6, 6.07) is 4.52.